The molecule has 0 bridgehead atoms. The van der Waals surface area contributed by atoms with Gasteiger partial charge in [-0.25, -0.2) is 13.6 Å². The number of aromatic carboxylic acids is 1. The SMILES string of the molecule is O=C(O)c1ccc(NCc2ccno2)c(F)c1F. The Hall–Kier alpha value is -2.44. The third-order valence-electron chi connectivity index (χ3n) is 2.26. The highest BCUT2D eigenvalue weighted by Gasteiger charge is 2.17. The molecule has 0 spiro atoms. The Morgan fingerprint density at radius 2 is 2.11 bits per heavy atom. The van der Waals surface area contributed by atoms with Crippen molar-refractivity contribution >= 4 is 11.7 Å². The molecular formula is C11H8F2N2O3. The van der Waals surface area contributed by atoms with Gasteiger partial charge in [-0.15, -0.1) is 0 Å². The van der Waals surface area contributed by atoms with E-state index in [0.29, 0.717) is 5.76 Å². The first kappa shape index (κ1) is 12.0. The van der Waals surface area contributed by atoms with Gasteiger partial charge in [0, 0.05) is 6.07 Å². The van der Waals surface area contributed by atoms with Crippen LogP contribution in [0.25, 0.3) is 0 Å². The van der Waals surface area contributed by atoms with Crippen molar-refractivity contribution in [2.75, 3.05) is 5.32 Å². The number of hydrogen-bond donors (Lipinski definition) is 2. The summed E-state index contributed by atoms with van der Waals surface area (Å²) in [4.78, 5) is 10.6. The van der Waals surface area contributed by atoms with Gasteiger partial charge >= 0.3 is 5.97 Å². The van der Waals surface area contributed by atoms with Crippen molar-refractivity contribution in [3.8, 4) is 0 Å². The Labute approximate surface area is 100 Å². The number of halogens is 2. The molecule has 0 aliphatic carbocycles. The Kier molecular flexibility index (Phi) is 3.22. The first-order chi connectivity index (χ1) is 8.59. The lowest BCUT2D eigenvalue weighted by Crippen LogP contribution is -2.07. The summed E-state index contributed by atoms with van der Waals surface area (Å²) in [5.41, 5.74) is -0.855. The lowest BCUT2D eigenvalue weighted by atomic mass is 10.2. The highest BCUT2D eigenvalue weighted by molar-refractivity contribution is 5.88. The third-order valence-corrected chi connectivity index (χ3v) is 2.26. The molecule has 1 heterocycles. The fraction of sp³-hybridized carbons (Fsp3) is 0.0909. The van der Waals surface area contributed by atoms with Crippen LogP contribution in [0.1, 0.15) is 16.1 Å². The lowest BCUT2D eigenvalue weighted by molar-refractivity contribution is 0.0690. The van der Waals surface area contributed by atoms with Gasteiger partial charge in [0.15, 0.2) is 17.4 Å². The number of nitrogens with zero attached hydrogens (tertiary/aromatic N) is 1. The summed E-state index contributed by atoms with van der Waals surface area (Å²) in [5, 5.41) is 14.6. The Balaban J connectivity index is 2.19. The van der Waals surface area contributed by atoms with Gasteiger partial charge in [0.1, 0.15) is 0 Å². The molecule has 0 radical (unpaired) electrons. The smallest absolute Gasteiger partial charge is 0.338 e. The molecule has 1 aromatic heterocycles. The zero-order chi connectivity index (χ0) is 13.1. The molecule has 2 aromatic rings. The summed E-state index contributed by atoms with van der Waals surface area (Å²) in [5.74, 6) is -3.72. The van der Waals surface area contributed by atoms with Crippen LogP contribution in [0.5, 0.6) is 0 Å². The average molecular weight is 254 g/mol. The van der Waals surface area contributed by atoms with Crippen LogP contribution in [0.15, 0.2) is 28.9 Å². The van der Waals surface area contributed by atoms with Crippen LogP contribution in [0.3, 0.4) is 0 Å². The molecule has 5 nitrogen and oxygen atoms in total. The second-order valence-corrected chi connectivity index (χ2v) is 3.43. The summed E-state index contributed by atoms with van der Waals surface area (Å²) < 4.78 is 31.6. The summed E-state index contributed by atoms with van der Waals surface area (Å²) in [6.07, 6.45) is 1.42. The summed E-state index contributed by atoms with van der Waals surface area (Å²) in [6.45, 7) is 0.114. The van der Waals surface area contributed by atoms with Crippen LogP contribution in [0, 0.1) is 11.6 Å². The second-order valence-electron chi connectivity index (χ2n) is 3.43. The number of carboxylic acids is 1. The molecule has 2 N–H and O–H groups in total. The number of benzene rings is 1. The van der Waals surface area contributed by atoms with E-state index in [4.69, 9.17) is 9.63 Å². The highest BCUT2D eigenvalue weighted by atomic mass is 19.2. The number of hydrogen-bond acceptors (Lipinski definition) is 4. The minimum absolute atomic E-state index is 0.114. The van der Waals surface area contributed by atoms with Gasteiger partial charge in [-0.05, 0) is 12.1 Å². The van der Waals surface area contributed by atoms with E-state index in [1.54, 1.807) is 6.07 Å². The normalized spacial score (nSPS) is 10.3. The number of carbonyl (C=O) groups is 1. The Bertz CT molecular complexity index is 570. The van der Waals surface area contributed by atoms with Crippen LogP contribution in [-0.4, -0.2) is 16.2 Å². The van der Waals surface area contributed by atoms with Crippen LogP contribution in [0.2, 0.25) is 0 Å². The van der Waals surface area contributed by atoms with Crippen LogP contribution in [0.4, 0.5) is 14.5 Å². The number of nitrogens with one attached hydrogen (secondary N) is 1. The first-order valence-electron chi connectivity index (χ1n) is 4.94. The van der Waals surface area contributed by atoms with E-state index >= 15 is 0 Å². The van der Waals surface area contributed by atoms with E-state index in [9.17, 15) is 13.6 Å². The Morgan fingerprint density at radius 1 is 1.33 bits per heavy atom. The van der Waals surface area contributed by atoms with Gasteiger partial charge in [0.25, 0.3) is 0 Å². The van der Waals surface area contributed by atoms with E-state index in [-0.39, 0.29) is 12.2 Å². The van der Waals surface area contributed by atoms with Crippen molar-refractivity contribution < 1.29 is 23.2 Å². The largest absolute Gasteiger partial charge is 0.478 e. The minimum atomic E-state index is -1.52. The molecule has 18 heavy (non-hydrogen) atoms. The third kappa shape index (κ3) is 2.29. The summed E-state index contributed by atoms with van der Waals surface area (Å²) in [6, 6.07) is 3.70. The fourth-order valence-corrected chi connectivity index (χ4v) is 1.37. The number of carboxylic acid groups (broad SMARTS) is 1. The summed E-state index contributed by atoms with van der Waals surface area (Å²) in [7, 11) is 0. The molecule has 0 fully saturated rings. The van der Waals surface area contributed by atoms with E-state index in [2.05, 4.69) is 10.5 Å². The predicted octanol–water partition coefficient (Wildman–Crippen LogP) is 2.26. The topological polar surface area (TPSA) is 75.4 Å². The standard InChI is InChI=1S/C11H8F2N2O3/c12-9-7(11(16)17)1-2-8(10(9)13)14-5-6-3-4-15-18-6/h1-4,14H,5H2,(H,16,17). The van der Waals surface area contributed by atoms with Crippen LogP contribution < -0.4 is 5.32 Å². The van der Waals surface area contributed by atoms with Crippen molar-refractivity contribution in [3.63, 3.8) is 0 Å². The molecule has 1 aromatic carbocycles. The van der Waals surface area contributed by atoms with Crippen molar-refractivity contribution in [3.05, 3.63) is 47.4 Å². The Morgan fingerprint density at radius 3 is 2.72 bits per heavy atom. The molecule has 0 aliphatic rings. The minimum Gasteiger partial charge on any atom is -0.478 e. The quantitative estimate of drug-likeness (QED) is 0.875. The van der Waals surface area contributed by atoms with Gasteiger partial charge in [-0.2, -0.15) is 0 Å². The zero-order valence-electron chi connectivity index (χ0n) is 8.98. The zero-order valence-corrected chi connectivity index (χ0v) is 8.98. The highest BCUT2D eigenvalue weighted by Crippen LogP contribution is 2.21. The number of aromatic nitrogens is 1. The maximum Gasteiger partial charge on any atom is 0.338 e. The molecule has 0 atom stereocenters. The average Bonchev–Trinajstić information content (AvgIpc) is 2.83. The maximum absolute atomic E-state index is 13.5. The molecule has 2 rings (SSSR count). The summed E-state index contributed by atoms with van der Waals surface area (Å²) >= 11 is 0. The van der Waals surface area contributed by atoms with Crippen LogP contribution in [-0.2, 0) is 6.54 Å². The molecule has 0 saturated carbocycles. The fourth-order valence-electron chi connectivity index (χ4n) is 1.37. The van der Waals surface area contributed by atoms with Crippen molar-refractivity contribution in [2.45, 2.75) is 6.54 Å². The van der Waals surface area contributed by atoms with E-state index in [1.807, 2.05) is 0 Å². The van der Waals surface area contributed by atoms with Gasteiger partial charge in [-0.3, -0.25) is 0 Å². The molecule has 7 heteroatoms. The lowest BCUT2D eigenvalue weighted by Gasteiger charge is -2.07. The van der Waals surface area contributed by atoms with Crippen molar-refractivity contribution in [1.29, 1.82) is 0 Å². The molecule has 0 saturated heterocycles. The van der Waals surface area contributed by atoms with Gasteiger partial charge in [-0.1, -0.05) is 5.16 Å². The number of rotatable bonds is 4. The van der Waals surface area contributed by atoms with Gasteiger partial charge in [0.05, 0.1) is 24.0 Å². The van der Waals surface area contributed by atoms with Gasteiger partial charge < -0.3 is 14.9 Å². The molecule has 0 unspecified atom stereocenters. The van der Waals surface area contributed by atoms with Crippen LogP contribution >= 0.6 is 0 Å². The van der Waals surface area contributed by atoms with Crippen molar-refractivity contribution in [1.82, 2.24) is 5.16 Å². The monoisotopic (exact) mass is 254 g/mol. The maximum atomic E-state index is 13.5. The van der Waals surface area contributed by atoms with Gasteiger partial charge in [0.2, 0.25) is 0 Å². The van der Waals surface area contributed by atoms with E-state index in [0.717, 1.165) is 12.1 Å². The first-order valence-corrected chi connectivity index (χ1v) is 4.94. The van der Waals surface area contributed by atoms with Crippen molar-refractivity contribution in [2.24, 2.45) is 0 Å². The molecule has 0 amide bonds. The van der Waals surface area contributed by atoms with E-state index in [1.165, 1.54) is 6.20 Å². The molecular weight excluding hydrogens is 246 g/mol. The predicted molar refractivity (Wildman–Crippen MR) is 57.1 cm³/mol. The van der Waals surface area contributed by atoms with E-state index < -0.39 is 23.2 Å². The molecule has 0 aliphatic heterocycles. The molecule has 94 valence electrons. The second kappa shape index (κ2) is 4.82. The number of anilines is 1.